The number of aryl methyl sites for hydroxylation is 1. The van der Waals surface area contributed by atoms with Crippen molar-refractivity contribution in [3.8, 4) is 11.3 Å². The zero-order valence-electron chi connectivity index (χ0n) is 12.4. The lowest BCUT2D eigenvalue weighted by Gasteiger charge is -2.19. The van der Waals surface area contributed by atoms with E-state index in [1.165, 1.54) is 18.4 Å². The normalized spacial score (nSPS) is 13.5. The third-order valence-corrected chi connectivity index (χ3v) is 4.07. The molecule has 5 heteroatoms. The monoisotopic (exact) mass is 308 g/mol. The Balaban J connectivity index is 1.85. The molecule has 1 aliphatic heterocycles. The number of halogens is 1. The molecule has 0 N–H and O–H groups in total. The van der Waals surface area contributed by atoms with E-state index in [1.807, 2.05) is 31.2 Å². The highest BCUT2D eigenvalue weighted by Gasteiger charge is 2.30. The first-order valence-electron chi connectivity index (χ1n) is 7.26. The number of amides is 1. The summed E-state index contributed by atoms with van der Waals surface area (Å²) in [5.41, 5.74) is 4.16. The lowest BCUT2D eigenvalue weighted by atomic mass is 10.1. The minimum Gasteiger partial charge on any atom is -0.364 e. The van der Waals surface area contributed by atoms with Gasteiger partial charge in [-0.3, -0.25) is 4.79 Å². The molecule has 1 aliphatic rings. The average molecular weight is 308 g/mol. The zero-order valence-corrected chi connectivity index (χ0v) is 12.4. The van der Waals surface area contributed by atoms with E-state index in [0.29, 0.717) is 29.1 Å². The van der Waals surface area contributed by atoms with Gasteiger partial charge in [-0.2, -0.15) is 0 Å². The molecule has 0 unspecified atom stereocenters. The van der Waals surface area contributed by atoms with Crippen molar-refractivity contribution in [1.29, 1.82) is 0 Å². The Morgan fingerprint density at radius 2 is 2.00 bits per heavy atom. The summed E-state index contributed by atoms with van der Waals surface area (Å²) >= 11 is 0. The second-order valence-corrected chi connectivity index (χ2v) is 5.56. The molecule has 23 heavy (non-hydrogen) atoms. The highest BCUT2D eigenvalue weighted by molar-refractivity contribution is 6.11. The predicted octanol–water partition coefficient (Wildman–Crippen LogP) is 3.95. The highest BCUT2D eigenvalue weighted by Crippen LogP contribution is 2.36. The van der Waals surface area contributed by atoms with Crippen LogP contribution in [0.1, 0.15) is 21.5 Å². The summed E-state index contributed by atoms with van der Waals surface area (Å²) in [6, 6.07) is 11.8. The predicted molar refractivity (Wildman–Crippen MR) is 83.6 cm³/mol. The fourth-order valence-corrected chi connectivity index (χ4v) is 2.93. The van der Waals surface area contributed by atoms with Gasteiger partial charge in [0.15, 0.2) is 0 Å². The number of hydrogen-bond acceptors (Lipinski definition) is 3. The van der Waals surface area contributed by atoms with Crippen molar-refractivity contribution in [2.45, 2.75) is 13.5 Å². The number of benzene rings is 2. The van der Waals surface area contributed by atoms with Gasteiger partial charge in [0.25, 0.3) is 5.91 Å². The maximum atomic E-state index is 13.8. The standard InChI is InChI=1S/C18H13FN2O2/c1-11-10-23-20-17(11)15-8-13(19)6-7-16(15)21-9-12-4-2-3-5-14(12)18(21)22/h2-8,10H,9H2,1H3. The van der Waals surface area contributed by atoms with Crippen molar-refractivity contribution in [1.82, 2.24) is 5.16 Å². The fraction of sp³-hybridized carbons (Fsp3) is 0.111. The Labute approximate surface area is 132 Å². The summed E-state index contributed by atoms with van der Waals surface area (Å²) in [7, 11) is 0. The van der Waals surface area contributed by atoms with Gasteiger partial charge in [-0.05, 0) is 36.8 Å². The van der Waals surface area contributed by atoms with E-state index in [1.54, 1.807) is 11.0 Å². The van der Waals surface area contributed by atoms with Crippen LogP contribution in [-0.2, 0) is 6.54 Å². The molecular weight excluding hydrogens is 295 g/mol. The molecule has 114 valence electrons. The maximum Gasteiger partial charge on any atom is 0.258 e. The molecule has 2 aromatic carbocycles. The van der Waals surface area contributed by atoms with Gasteiger partial charge in [0.05, 0.1) is 12.2 Å². The van der Waals surface area contributed by atoms with E-state index in [0.717, 1.165) is 11.1 Å². The molecule has 3 aromatic rings. The lowest BCUT2D eigenvalue weighted by Crippen LogP contribution is -2.23. The lowest BCUT2D eigenvalue weighted by molar-refractivity contribution is 0.0996. The van der Waals surface area contributed by atoms with Crippen molar-refractivity contribution in [2.75, 3.05) is 4.90 Å². The minimum atomic E-state index is -0.379. The SMILES string of the molecule is Cc1conc1-c1cc(F)ccc1N1Cc2ccccc2C1=O. The summed E-state index contributed by atoms with van der Waals surface area (Å²) < 4.78 is 18.7. The van der Waals surface area contributed by atoms with Crippen LogP contribution < -0.4 is 4.90 Å². The van der Waals surface area contributed by atoms with E-state index in [4.69, 9.17) is 4.52 Å². The van der Waals surface area contributed by atoms with Crippen molar-refractivity contribution < 1.29 is 13.7 Å². The Hall–Kier alpha value is -2.95. The third kappa shape index (κ3) is 2.12. The van der Waals surface area contributed by atoms with Crippen molar-refractivity contribution in [3.63, 3.8) is 0 Å². The second-order valence-electron chi connectivity index (χ2n) is 5.56. The number of rotatable bonds is 2. The van der Waals surface area contributed by atoms with Gasteiger partial charge in [0.2, 0.25) is 0 Å². The minimum absolute atomic E-state index is 0.0883. The number of anilines is 1. The molecule has 0 aliphatic carbocycles. The Bertz CT molecular complexity index is 917. The van der Waals surface area contributed by atoms with Crippen molar-refractivity contribution >= 4 is 11.6 Å². The van der Waals surface area contributed by atoms with Crippen LogP contribution in [0.25, 0.3) is 11.3 Å². The Kier molecular flexibility index (Phi) is 3.01. The number of aromatic nitrogens is 1. The van der Waals surface area contributed by atoms with Crippen LogP contribution in [0.3, 0.4) is 0 Å². The van der Waals surface area contributed by atoms with Gasteiger partial charge in [0.1, 0.15) is 17.8 Å². The van der Waals surface area contributed by atoms with E-state index in [9.17, 15) is 9.18 Å². The number of carbonyl (C=O) groups is 1. The molecule has 4 nitrogen and oxygen atoms in total. The van der Waals surface area contributed by atoms with E-state index in [-0.39, 0.29) is 11.7 Å². The first kappa shape index (κ1) is 13.7. The van der Waals surface area contributed by atoms with E-state index >= 15 is 0 Å². The molecule has 0 fully saturated rings. The summed E-state index contributed by atoms with van der Waals surface area (Å²) in [4.78, 5) is 14.3. The first-order valence-corrected chi connectivity index (χ1v) is 7.26. The maximum absolute atomic E-state index is 13.8. The molecule has 4 rings (SSSR count). The van der Waals surface area contributed by atoms with Crippen molar-refractivity contribution in [3.05, 3.63) is 71.2 Å². The van der Waals surface area contributed by atoms with E-state index in [2.05, 4.69) is 5.16 Å². The van der Waals surface area contributed by atoms with Crippen LogP contribution in [-0.4, -0.2) is 11.1 Å². The highest BCUT2D eigenvalue weighted by atomic mass is 19.1. The van der Waals surface area contributed by atoms with Gasteiger partial charge in [-0.25, -0.2) is 4.39 Å². The Morgan fingerprint density at radius 1 is 1.17 bits per heavy atom. The molecule has 0 spiro atoms. The number of nitrogens with zero attached hydrogens (tertiary/aromatic N) is 2. The fourth-order valence-electron chi connectivity index (χ4n) is 2.93. The van der Waals surface area contributed by atoms with Gasteiger partial charge in [-0.1, -0.05) is 23.4 Å². The van der Waals surface area contributed by atoms with Crippen LogP contribution in [0.15, 0.2) is 53.3 Å². The number of hydrogen-bond donors (Lipinski definition) is 0. The molecule has 0 radical (unpaired) electrons. The summed E-state index contributed by atoms with van der Waals surface area (Å²) in [6.45, 7) is 2.30. The molecule has 1 amide bonds. The van der Waals surface area contributed by atoms with Gasteiger partial charge >= 0.3 is 0 Å². The Morgan fingerprint density at radius 3 is 2.74 bits per heavy atom. The molecule has 0 atom stereocenters. The number of fused-ring (bicyclic) bond motifs is 1. The molecule has 0 saturated carbocycles. The van der Waals surface area contributed by atoms with Crippen LogP contribution >= 0.6 is 0 Å². The van der Waals surface area contributed by atoms with Gasteiger partial charge in [-0.15, -0.1) is 0 Å². The zero-order chi connectivity index (χ0) is 16.0. The average Bonchev–Trinajstić information content (AvgIpc) is 3.12. The molecule has 0 bridgehead atoms. The number of carbonyl (C=O) groups excluding carboxylic acids is 1. The van der Waals surface area contributed by atoms with Crippen LogP contribution in [0.5, 0.6) is 0 Å². The molecule has 2 heterocycles. The third-order valence-electron chi connectivity index (χ3n) is 4.07. The van der Waals surface area contributed by atoms with E-state index < -0.39 is 0 Å². The smallest absolute Gasteiger partial charge is 0.258 e. The molecule has 1 aromatic heterocycles. The second kappa shape index (κ2) is 5.05. The summed E-state index contributed by atoms with van der Waals surface area (Å²) in [5, 5.41) is 3.95. The summed E-state index contributed by atoms with van der Waals surface area (Å²) in [5.74, 6) is -0.468. The van der Waals surface area contributed by atoms with Crippen LogP contribution in [0.4, 0.5) is 10.1 Å². The quantitative estimate of drug-likeness (QED) is 0.720. The van der Waals surface area contributed by atoms with Crippen molar-refractivity contribution in [2.24, 2.45) is 0 Å². The van der Waals surface area contributed by atoms with Crippen LogP contribution in [0.2, 0.25) is 0 Å². The largest absolute Gasteiger partial charge is 0.364 e. The first-order chi connectivity index (χ1) is 11.1. The summed E-state index contributed by atoms with van der Waals surface area (Å²) in [6.07, 6.45) is 1.50. The van der Waals surface area contributed by atoms with Crippen LogP contribution in [0, 0.1) is 12.7 Å². The topological polar surface area (TPSA) is 46.3 Å². The van der Waals surface area contributed by atoms with Gasteiger partial charge in [0, 0.05) is 16.7 Å². The molecular formula is C18H13FN2O2. The van der Waals surface area contributed by atoms with Gasteiger partial charge < -0.3 is 9.42 Å². The molecule has 0 saturated heterocycles.